The van der Waals surface area contributed by atoms with Gasteiger partial charge in [0.2, 0.25) is 0 Å². The van der Waals surface area contributed by atoms with Gasteiger partial charge in [-0.1, -0.05) is 6.58 Å². The Morgan fingerprint density at radius 2 is 2.27 bits per heavy atom. The van der Waals surface area contributed by atoms with Crippen LogP contribution in [0.1, 0.15) is 0 Å². The predicted octanol–water partition coefficient (Wildman–Crippen LogP) is 0.177. The highest BCUT2D eigenvalue weighted by Crippen LogP contribution is 2.10. The van der Waals surface area contributed by atoms with E-state index in [-0.39, 0.29) is 0 Å². The van der Waals surface area contributed by atoms with E-state index in [1.165, 1.54) is 0 Å². The Hall–Kier alpha value is -0.960. The normalized spacial score (nSPS) is 24.1. The summed E-state index contributed by atoms with van der Waals surface area (Å²) in [5, 5.41) is 0. The molecule has 1 fully saturated rings. The van der Waals surface area contributed by atoms with Crippen molar-refractivity contribution in [3.05, 3.63) is 24.7 Å². The van der Waals surface area contributed by atoms with E-state index in [2.05, 4.69) is 23.4 Å². The van der Waals surface area contributed by atoms with Gasteiger partial charge in [-0.3, -0.25) is 4.90 Å². The monoisotopic (exact) mass is 153 g/mol. The summed E-state index contributed by atoms with van der Waals surface area (Å²) in [5.74, 6) is 0. The van der Waals surface area contributed by atoms with Crippen molar-refractivity contribution < 1.29 is 0 Å². The second-order valence-electron chi connectivity index (χ2n) is 2.77. The van der Waals surface area contributed by atoms with Gasteiger partial charge in [-0.05, 0) is 13.2 Å². The lowest BCUT2D eigenvalue weighted by Crippen LogP contribution is -2.40. The quantitative estimate of drug-likeness (QED) is 0.583. The average molecular weight is 153 g/mol. The molecule has 1 saturated heterocycles. The van der Waals surface area contributed by atoms with Crippen LogP contribution in [0.3, 0.4) is 0 Å². The van der Waals surface area contributed by atoms with Gasteiger partial charge in [-0.25, -0.2) is 0 Å². The molecule has 0 aliphatic carbocycles. The van der Waals surface area contributed by atoms with Crippen molar-refractivity contribution in [1.82, 2.24) is 9.80 Å². The van der Waals surface area contributed by atoms with Gasteiger partial charge in [-0.15, -0.1) is 0 Å². The molecule has 3 nitrogen and oxygen atoms in total. The Morgan fingerprint density at radius 3 is 2.82 bits per heavy atom. The van der Waals surface area contributed by atoms with Crippen molar-refractivity contribution in [3.63, 3.8) is 0 Å². The molecule has 0 bridgehead atoms. The summed E-state index contributed by atoms with van der Waals surface area (Å²) in [6, 6.07) is 0. The molecule has 0 unspecified atom stereocenters. The Kier molecular flexibility index (Phi) is 2.54. The second-order valence-corrected chi connectivity index (χ2v) is 2.77. The zero-order valence-electron chi connectivity index (χ0n) is 6.95. The third kappa shape index (κ3) is 1.74. The van der Waals surface area contributed by atoms with Gasteiger partial charge in [-0.2, -0.15) is 0 Å². The molecule has 0 aromatic rings. The van der Waals surface area contributed by atoms with Gasteiger partial charge >= 0.3 is 0 Å². The van der Waals surface area contributed by atoms with Crippen LogP contribution in [0.5, 0.6) is 0 Å². The zero-order valence-corrected chi connectivity index (χ0v) is 6.95. The van der Waals surface area contributed by atoms with Crippen LogP contribution in [0, 0.1) is 0 Å². The zero-order chi connectivity index (χ0) is 8.27. The fourth-order valence-electron chi connectivity index (χ4n) is 1.23. The first kappa shape index (κ1) is 8.14. The molecular weight excluding hydrogens is 138 g/mol. The van der Waals surface area contributed by atoms with Crippen molar-refractivity contribution >= 4 is 0 Å². The fourth-order valence-corrected chi connectivity index (χ4v) is 1.23. The van der Waals surface area contributed by atoms with E-state index in [1.807, 2.05) is 6.20 Å². The highest BCUT2D eigenvalue weighted by molar-refractivity contribution is 5.07. The minimum atomic E-state index is 0.919. The predicted molar refractivity (Wildman–Crippen MR) is 46.7 cm³/mol. The first-order valence-electron chi connectivity index (χ1n) is 3.76. The van der Waals surface area contributed by atoms with Crippen molar-refractivity contribution in [2.45, 2.75) is 0 Å². The van der Waals surface area contributed by atoms with Gasteiger partial charge in [0.25, 0.3) is 0 Å². The van der Waals surface area contributed by atoms with Gasteiger partial charge in [0.15, 0.2) is 0 Å². The molecule has 1 heterocycles. The molecule has 0 amide bonds. The Balaban J connectivity index is 2.63. The Labute approximate surface area is 67.8 Å². The largest absolute Gasteiger partial charge is 0.403 e. The number of rotatable bonds is 1. The van der Waals surface area contributed by atoms with Crippen molar-refractivity contribution in [1.29, 1.82) is 0 Å². The minimum Gasteiger partial charge on any atom is -0.403 e. The van der Waals surface area contributed by atoms with E-state index in [0.29, 0.717) is 0 Å². The molecule has 1 aliphatic heterocycles. The van der Waals surface area contributed by atoms with E-state index in [1.54, 1.807) is 6.20 Å². The van der Waals surface area contributed by atoms with E-state index < -0.39 is 0 Å². The molecule has 1 aliphatic rings. The van der Waals surface area contributed by atoms with Gasteiger partial charge in [0, 0.05) is 31.5 Å². The summed E-state index contributed by atoms with van der Waals surface area (Å²) >= 11 is 0. The summed E-state index contributed by atoms with van der Waals surface area (Å²) < 4.78 is 0. The average Bonchev–Trinajstić information content (AvgIpc) is 2.04. The molecule has 0 aromatic carbocycles. The smallest absolute Gasteiger partial charge is 0.0473 e. The van der Waals surface area contributed by atoms with Crippen LogP contribution in [0.15, 0.2) is 24.7 Å². The maximum Gasteiger partial charge on any atom is 0.0473 e. The standard InChI is InChI=1S/C8H15N3/c1-3-11-5-4-10(2)7-8(11)6-9/h3,6H,1,4-5,7,9H2,2H3/b8-6-. The van der Waals surface area contributed by atoms with Crippen LogP contribution in [-0.2, 0) is 0 Å². The van der Waals surface area contributed by atoms with Crippen LogP contribution >= 0.6 is 0 Å². The summed E-state index contributed by atoms with van der Waals surface area (Å²) in [4.78, 5) is 4.32. The van der Waals surface area contributed by atoms with Gasteiger partial charge in [0.1, 0.15) is 0 Å². The van der Waals surface area contributed by atoms with E-state index >= 15 is 0 Å². The Bertz CT molecular complexity index is 174. The maximum atomic E-state index is 5.45. The number of nitrogens with two attached hydrogens (primary N) is 1. The summed E-state index contributed by atoms with van der Waals surface area (Å²) in [6.07, 6.45) is 3.48. The highest BCUT2D eigenvalue weighted by Gasteiger charge is 2.14. The summed E-state index contributed by atoms with van der Waals surface area (Å²) in [7, 11) is 2.09. The van der Waals surface area contributed by atoms with Crippen LogP contribution in [0.2, 0.25) is 0 Å². The first-order chi connectivity index (χ1) is 5.27. The molecule has 0 saturated carbocycles. The molecule has 2 N–H and O–H groups in total. The molecule has 0 aromatic heterocycles. The Morgan fingerprint density at radius 1 is 1.55 bits per heavy atom. The van der Waals surface area contributed by atoms with Crippen LogP contribution in [0.25, 0.3) is 0 Å². The summed E-state index contributed by atoms with van der Waals surface area (Å²) in [6.45, 7) is 6.70. The van der Waals surface area contributed by atoms with Crippen molar-refractivity contribution in [2.75, 3.05) is 26.7 Å². The lowest BCUT2D eigenvalue weighted by atomic mass is 10.3. The highest BCUT2D eigenvalue weighted by atomic mass is 15.2. The summed E-state index contributed by atoms with van der Waals surface area (Å²) in [5.41, 5.74) is 6.59. The van der Waals surface area contributed by atoms with E-state index in [9.17, 15) is 0 Å². The molecule has 0 atom stereocenters. The molecule has 62 valence electrons. The molecular formula is C8H15N3. The van der Waals surface area contributed by atoms with Crippen molar-refractivity contribution in [2.24, 2.45) is 5.73 Å². The molecule has 0 spiro atoms. The number of hydrogen-bond acceptors (Lipinski definition) is 3. The molecule has 1 rings (SSSR count). The third-order valence-electron chi connectivity index (χ3n) is 1.94. The third-order valence-corrected chi connectivity index (χ3v) is 1.94. The SMILES string of the molecule is C=CN1CCN(C)C/C1=C/N. The van der Waals surface area contributed by atoms with E-state index in [4.69, 9.17) is 5.73 Å². The van der Waals surface area contributed by atoms with Crippen LogP contribution in [0.4, 0.5) is 0 Å². The van der Waals surface area contributed by atoms with E-state index in [0.717, 1.165) is 25.3 Å². The molecule has 0 radical (unpaired) electrons. The van der Waals surface area contributed by atoms with Gasteiger partial charge < -0.3 is 10.6 Å². The molecule has 11 heavy (non-hydrogen) atoms. The van der Waals surface area contributed by atoms with Crippen LogP contribution < -0.4 is 5.73 Å². The number of piperazine rings is 1. The van der Waals surface area contributed by atoms with Crippen molar-refractivity contribution in [3.8, 4) is 0 Å². The molecule has 3 heteroatoms. The maximum absolute atomic E-state index is 5.45. The lowest BCUT2D eigenvalue weighted by Gasteiger charge is -2.33. The lowest BCUT2D eigenvalue weighted by molar-refractivity contribution is 0.245. The first-order valence-corrected chi connectivity index (χ1v) is 3.76. The number of likely N-dealkylation sites (N-methyl/N-ethyl adjacent to an activating group) is 1. The topological polar surface area (TPSA) is 32.5 Å². The van der Waals surface area contributed by atoms with Crippen LogP contribution in [-0.4, -0.2) is 36.5 Å². The fraction of sp³-hybridized carbons (Fsp3) is 0.500. The minimum absolute atomic E-state index is 0.919. The van der Waals surface area contributed by atoms with Gasteiger partial charge in [0.05, 0.1) is 0 Å². The number of nitrogens with zero attached hydrogens (tertiary/aromatic N) is 2. The second kappa shape index (κ2) is 3.44. The number of hydrogen-bond donors (Lipinski definition) is 1.